The van der Waals surface area contributed by atoms with Gasteiger partial charge >= 0.3 is 0 Å². The van der Waals surface area contributed by atoms with Gasteiger partial charge in [0, 0.05) is 6.04 Å². The monoisotopic (exact) mass is 227 g/mol. The molecule has 0 saturated carbocycles. The lowest BCUT2D eigenvalue weighted by Crippen LogP contribution is -2.34. The van der Waals surface area contributed by atoms with E-state index in [1.807, 2.05) is 0 Å². The Morgan fingerprint density at radius 1 is 1.31 bits per heavy atom. The molecule has 1 aliphatic rings. The molecular formula is C11H11F2NO2. The molecule has 1 aliphatic heterocycles. The molecule has 2 unspecified atom stereocenters. The van der Waals surface area contributed by atoms with E-state index in [2.05, 4.69) is 0 Å². The smallest absolute Gasteiger partial charge is 0.175 e. The van der Waals surface area contributed by atoms with E-state index in [-0.39, 0.29) is 13.2 Å². The summed E-state index contributed by atoms with van der Waals surface area (Å²) in [6.07, 6.45) is 0. The van der Waals surface area contributed by atoms with E-state index in [4.69, 9.17) is 10.5 Å². The number of ether oxygens (including phenoxy) is 1. The summed E-state index contributed by atoms with van der Waals surface area (Å²) in [6.45, 7) is 0.361. The van der Waals surface area contributed by atoms with Crippen LogP contribution in [0.2, 0.25) is 0 Å². The van der Waals surface area contributed by atoms with Crippen molar-refractivity contribution in [3.05, 3.63) is 35.4 Å². The molecule has 2 atom stereocenters. The van der Waals surface area contributed by atoms with Gasteiger partial charge in [0.2, 0.25) is 0 Å². The minimum absolute atomic E-state index is 0.119. The first-order chi connectivity index (χ1) is 7.61. The predicted octanol–water partition coefficient (Wildman–Crippen LogP) is 1.12. The van der Waals surface area contributed by atoms with Crippen LogP contribution in [0, 0.1) is 17.6 Å². The minimum Gasteiger partial charge on any atom is -0.379 e. The summed E-state index contributed by atoms with van der Waals surface area (Å²) >= 11 is 0. The van der Waals surface area contributed by atoms with Crippen LogP contribution in [-0.4, -0.2) is 25.0 Å². The topological polar surface area (TPSA) is 52.3 Å². The number of benzene rings is 1. The van der Waals surface area contributed by atoms with Crippen molar-refractivity contribution in [3.8, 4) is 0 Å². The SMILES string of the molecule is NC1COCC1C(=O)c1c(F)cccc1F. The second-order valence-corrected chi connectivity index (χ2v) is 3.77. The number of hydrogen-bond acceptors (Lipinski definition) is 3. The summed E-state index contributed by atoms with van der Waals surface area (Å²) in [4.78, 5) is 11.9. The molecule has 1 fully saturated rings. The molecule has 0 bridgehead atoms. The van der Waals surface area contributed by atoms with Crippen LogP contribution in [0.5, 0.6) is 0 Å². The van der Waals surface area contributed by atoms with Gasteiger partial charge < -0.3 is 10.5 Å². The number of halogens is 2. The molecule has 1 saturated heterocycles. The van der Waals surface area contributed by atoms with Crippen LogP contribution in [0.4, 0.5) is 8.78 Å². The Bertz CT molecular complexity index is 402. The van der Waals surface area contributed by atoms with E-state index in [1.54, 1.807) is 0 Å². The van der Waals surface area contributed by atoms with Gasteiger partial charge in [-0.25, -0.2) is 8.78 Å². The number of Topliss-reactive ketones (excluding diaryl/α,β-unsaturated/α-hetero) is 1. The molecule has 0 aromatic heterocycles. The number of nitrogens with two attached hydrogens (primary N) is 1. The molecule has 0 aliphatic carbocycles. The maximum Gasteiger partial charge on any atom is 0.175 e. The van der Waals surface area contributed by atoms with E-state index < -0.39 is 34.9 Å². The zero-order valence-corrected chi connectivity index (χ0v) is 8.45. The van der Waals surface area contributed by atoms with Crippen LogP contribution >= 0.6 is 0 Å². The van der Waals surface area contributed by atoms with Crippen molar-refractivity contribution in [1.82, 2.24) is 0 Å². The summed E-state index contributed by atoms with van der Waals surface area (Å²) in [5, 5.41) is 0. The van der Waals surface area contributed by atoms with Gasteiger partial charge in [0.05, 0.1) is 24.7 Å². The molecule has 1 aromatic carbocycles. The zero-order chi connectivity index (χ0) is 11.7. The molecule has 5 heteroatoms. The Balaban J connectivity index is 2.33. The maximum atomic E-state index is 13.3. The highest BCUT2D eigenvalue weighted by atomic mass is 19.1. The van der Waals surface area contributed by atoms with E-state index >= 15 is 0 Å². The van der Waals surface area contributed by atoms with Crippen molar-refractivity contribution >= 4 is 5.78 Å². The number of ketones is 1. The van der Waals surface area contributed by atoms with E-state index in [1.165, 1.54) is 6.07 Å². The summed E-state index contributed by atoms with van der Waals surface area (Å²) in [5.41, 5.74) is 5.11. The molecule has 0 radical (unpaired) electrons. The third kappa shape index (κ3) is 1.83. The molecule has 86 valence electrons. The maximum absolute atomic E-state index is 13.3. The second kappa shape index (κ2) is 4.27. The van der Waals surface area contributed by atoms with Crippen LogP contribution in [0.1, 0.15) is 10.4 Å². The van der Waals surface area contributed by atoms with Gasteiger partial charge in [-0.05, 0) is 12.1 Å². The molecule has 16 heavy (non-hydrogen) atoms. The van der Waals surface area contributed by atoms with Crippen LogP contribution in [0.25, 0.3) is 0 Å². The minimum atomic E-state index is -0.857. The molecule has 2 rings (SSSR count). The fraction of sp³-hybridized carbons (Fsp3) is 0.364. The second-order valence-electron chi connectivity index (χ2n) is 3.77. The molecule has 1 aromatic rings. The van der Waals surface area contributed by atoms with Gasteiger partial charge in [0.1, 0.15) is 11.6 Å². The highest BCUT2D eigenvalue weighted by molar-refractivity contribution is 5.99. The fourth-order valence-electron chi connectivity index (χ4n) is 1.76. The van der Waals surface area contributed by atoms with Crippen LogP contribution < -0.4 is 5.73 Å². The lowest BCUT2D eigenvalue weighted by Gasteiger charge is -2.12. The summed E-state index contributed by atoms with van der Waals surface area (Å²) < 4.78 is 31.7. The van der Waals surface area contributed by atoms with Crippen molar-refractivity contribution in [1.29, 1.82) is 0 Å². The standard InChI is InChI=1S/C11H11F2NO2/c12-7-2-1-3-8(13)10(7)11(15)6-4-16-5-9(6)14/h1-3,6,9H,4-5,14H2. The summed E-state index contributed by atoms with van der Waals surface area (Å²) in [5.74, 6) is -3.00. The first-order valence-corrected chi connectivity index (χ1v) is 4.93. The van der Waals surface area contributed by atoms with Crippen molar-refractivity contribution in [2.45, 2.75) is 6.04 Å². The van der Waals surface area contributed by atoms with E-state index in [0.717, 1.165) is 12.1 Å². The third-order valence-electron chi connectivity index (χ3n) is 2.67. The lowest BCUT2D eigenvalue weighted by atomic mass is 9.93. The predicted molar refractivity (Wildman–Crippen MR) is 53.0 cm³/mol. The van der Waals surface area contributed by atoms with Crippen molar-refractivity contribution in [2.75, 3.05) is 13.2 Å². The number of carbonyl (C=O) groups excluding carboxylic acids is 1. The highest BCUT2D eigenvalue weighted by Crippen LogP contribution is 2.21. The Hall–Kier alpha value is -1.33. The van der Waals surface area contributed by atoms with Crippen LogP contribution in [0.3, 0.4) is 0 Å². The van der Waals surface area contributed by atoms with Crippen molar-refractivity contribution in [3.63, 3.8) is 0 Å². The molecular weight excluding hydrogens is 216 g/mol. The van der Waals surface area contributed by atoms with Gasteiger partial charge in [-0.3, -0.25) is 4.79 Å². The average molecular weight is 227 g/mol. The Kier molecular flexibility index (Phi) is 2.98. The third-order valence-corrected chi connectivity index (χ3v) is 2.67. The number of rotatable bonds is 2. The lowest BCUT2D eigenvalue weighted by molar-refractivity contribution is 0.0887. The Morgan fingerprint density at radius 2 is 1.94 bits per heavy atom. The van der Waals surface area contributed by atoms with Crippen LogP contribution in [0.15, 0.2) is 18.2 Å². The Labute approximate surface area is 91.2 Å². The number of carbonyl (C=O) groups is 1. The molecule has 0 amide bonds. The van der Waals surface area contributed by atoms with Gasteiger partial charge in [-0.2, -0.15) is 0 Å². The highest BCUT2D eigenvalue weighted by Gasteiger charge is 2.34. The van der Waals surface area contributed by atoms with E-state index in [9.17, 15) is 13.6 Å². The average Bonchev–Trinajstić information content (AvgIpc) is 2.64. The van der Waals surface area contributed by atoms with Gasteiger partial charge in [-0.15, -0.1) is 0 Å². The first-order valence-electron chi connectivity index (χ1n) is 4.93. The Morgan fingerprint density at radius 3 is 2.44 bits per heavy atom. The van der Waals surface area contributed by atoms with Gasteiger partial charge in [0.25, 0.3) is 0 Å². The van der Waals surface area contributed by atoms with Crippen molar-refractivity contribution < 1.29 is 18.3 Å². The largest absolute Gasteiger partial charge is 0.379 e. The first kappa shape index (κ1) is 11.2. The molecule has 1 heterocycles. The van der Waals surface area contributed by atoms with Crippen LogP contribution in [-0.2, 0) is 4.74 Å². The number of hydrogen-bond donors (Lipinski definition) is 1. The molecule has 0 spiro atoms. The van der Waals surface area contributed by atoms with Crippen molar-refractivity contribution in [2.24, 2.45) is 11.7 Å². The zero-order valence-electron chi connectivity index (χ0n) is 8.45. The fourth-order valence-corrected chi connectivity index (χ4v) is 1.76. The normalized spacial score (nSPS) is 24.7. The van der Waals surface area contributed by atoms with E-state index in [0.29, 0.717) is 0 Å². The van der Waals surface area contributed by atoms with Gasteiger partial charge in [0.15, 0.2) is 5.78 Å². The molecule has 3 nitrogen and oxygen atoms in total. The summed E-state index contributed by atoms with van der Waals surface area (Å²) in [7, 11) is 0. The quantitative estimate of drug-likeness (QED) is 0.770. The molecule has 2 N–H and O–H groups in total. The van der Waals surface area contributed by atoms with Gasteiger partial charge in [-0.1, -0.05) is 6.07 Å². The summed E-state index contributed by atoms with van der Waals surface area (Å²) in [6, 6.07) is 2.83.